The van der Waals surface area contributed by atoms with E-state index in [-0.39, 0.29) is 0 Å². The SMILES string of the molecule is COC(C)CNCC1CCCC1Cl. The molecular formula is C10H20ClNO. The van der Waals surface area contributed by atoms with Crippen LogP contribution in [0.25, 0.3) is 0 Å². The summed E-state index contributed by atoms with van der Waals surface area (Å²) in [4.78, 5) is 0. The molecule has 0 bridgehead atoms. The number of methoxy groups -OCH3 is 1. The third-order valence-electron chi connectivity index (χ3n) is 2.81. The summed E-state index contributed by atoms with van der Waals surface area (Å²) in [7, 11) is 1.74. The highest BCUT2D eigenvalue weighted by molar-refractivity contribution is 6.20. The lowest BCUT2D eigenvalue weighted by molar-refractivity contribution is 0.116. The Morgan fingerprint density at radius 3 is 2.85 bits per heavy atom. The molecule has 3 heteroatoms. The lowest BCUT2D eigenvalue weighted by Gasteiger charge is -2.16. The number of alkyl halides is 1. The van der Waals surface area contributed by atoms with Gasteiger partial charge in [0.1, 0.15) is 0 Å². The average molecular weight is 206 g/mol. The van der Waals surface area contributed by atoms with Gasteiger partial charge in [-0.25, -0.2) is 0 Å². The van der Waals surface area contributed by atoms with Gasteiger partial charge in [0.05, 0.1) is 6.10 Å². The molecule has 1 N–H and O–H groups in total. The van der Waals surface area contributed by atoms with E-state index in [0.717, 1.165) is 13.1 Å². The smallest absolute Gasteiger partial charge is 0.0667 e. The normalized spacial score (nSPS) is 30.7. The van der Waals surface area contributed by atoms with E-state index in [9.17, 15) is 0 Å². The van der Waals surface area contributed by atoms with Gasteiger partial charge in [-0.1, -0.05) is 6.42 Å². The third-order valence-corrected chi connectivity index (χ3v) is 3.38. The summed E-state index contributed by atoms with van der Waals surface area (Å²) in [6, 6.07) is 0. The first-order chi connectivity index (χ1) is 6.24. The van der Waals surface area contributed by atoms with Crippen molar-refractivity contribution in [3.8, 4) is 0 Å². The van der Waals surface area contributed by atoms with Gasteiger partial charge in [0.25, 0.3) is 0 Å². The highest BCUT2D eigenvalue weighted by atomic mass is 35.5. The van der Waals surface area contributed by atoms with Gasteiger partial charge in [0.15, 0.2) is 0 Å². The van der Waals surface area contributed by atoms with Gasteiger partial charge < -0.3 is 10.1 Å². The number of hydrogen-bond acceptors (Lipinski definition) is 2. The molecule has 2 nitrogen and oxygen atoms in total. The molecule has 1 aliphatic carbocycles. The summed E-state index contributed by atoms with van der Waals surface area (Å²) in [5, 5.41) is 3.79. The van der Waals surface area contributed by atoms with Crippen molar-refractivity contribution in [1.29, 1.82) is 0 Å². The second-order valence-corrected chi connectivity index (χ2v) is 4.47. The molecule has 1 aliphatic rings. The van der Waals surface area contributed by atoms with E-state index in [0.29, 0.717) is 17.4 Å². The van der Waals surface area contributed by atoms with Crippen LogP contribution >= 0.6 is 11.6 Å². The zero-order chi connectivity index (χ0) is 9.68. The average Bonchev–Trinajstić information content (AvgIpc) is 2.52. The van der Waals surface area contributed by atoms with Crippen molar-refractivity contribution in [2.45, 2.75) is 37.7 Å². The van der Waals surface area contributed by atoms with Crippen LogP contribution in [0.5, 0.6) is 0 Å². The Kier molecular flexibility index (Phi) is 5.07. The largest absolute Gasteiger partial charge is 0.380 e. The van der Waals surface area contributed by atoms with Crippen molar-refractivity contribution in [1.82, 2.24) is 5.32 Å². The lowest BCUT2D eigenvalue weighted by atomic mass is 10.1. The van der Waals surface area contributed by atoms with Crippen LogP contribution in [-0.2, 0) is 4.74 Å². The predicted molar refractivity (Wildman–Crippen MR) is 56.3 cm³/mol. The summed E-state index contributed by atoms with van der Waals surface area (Å²) in [6.07, 6.45) is 4.06. The standard InChI is InChI=1S/C10H20ClNO/c1-8(13-2)6-12-7-9-4-3-5-10(9)11/h8-10,12H,3-7H2,1-2H3. The predicted octanol–water partition coefficient (Wildman–Crippen LogP) is 2.02. The van der Waals surface area contributed by atoms with Crippen LogP contribution in [0.1, 0.15) is 26.2 Å². The molecular weight excluding hydrogens is 186 g/mol. The van der Waals surface area contributed by atoms with Crippen LogP contribution in [-0.4, -0.2) is 31.7 Å². The highest BCUT2D eigenvalue weighted by Crippen LogP contribution is 2.29. The van der Waals surface area contributed by atoms with Crippen LogP contribution in [0.4, 0.5) is 0 Å². The molecule has 1 fully saturated rings. The van der Waals surface area contributed by atoms with Gasteiger partial charge >= 0.3 is 0 Å². The van der Waals surface area contributed by atoms with Crippen molar-refractivity contribution < 1.29 is 4.74 Å². The fourth-order valence-corrected chi connectivity index (χ4v) is 2.15. The van der Waals surface area contributed by atoms with Crippen molar-refractivity contribution in [3.05, 3.63) is 0 Å². The van der Waals surface area contributed by atoms with E-state index in [1.165, 1.54) is 19.3 Å². The van der Waals surface area contributed by atoms with Crippen molar-refractivity contribution in [3.63, 3.8) is 0 Å². The van der Waals surface area contributed by atoms with Gasteiger partial charge in [-0.3, -0.25) is 0 Å². The molecule has 13 heavy (non-hydrogen) atoms. The summed E-state index contributed by atoms with van der Waals surface area (Å²) in [6.45, 7) is 4.04. The minimum atomic E-state index is 0.301. The number of nitrogens with one attached hydrogen (secondary N) is 1. The summed E-state index contributed by atoms with van der Waals surface area (Å²) in [5.41, 5.74) is 0. The molecule has 3 unspecified atom stereocenters. The van der Waals surface area contributed by atoms with E-state index in [4.69, 9.17) is 16.3 Å². The first-order valence-corrected chi connectivity index (χ1v) is 5.55. The molecule has 0 aromatic rings. The van der Waals surface area contributed by atoms with Crippen molar-refractivity contribution in [2.24, 2.45) is 5.92 Å². The lowest BCUT2D eigenvalue weighted by Crippen LogP contribution is -2.31. The molecule has 0 heterocycles. The second kappa shape index (κ2) is 5.84. The maximum Gasteiger partial charge on any atom is 0.0667 e. The van der Waals surface area contributed by atoms with Crippen LogP contribution in [0.3, 0.4) is 0 Å². The summed E-state index contributed by atoms with van der Waals surface area (Å²) < 4.78 is 5.15. The van der Waals surface area contributed by atoms with E-state index in [2.05, 4.69) is 12.2 Å². The molecule has 78 valence electrons. The van der Waals surface area contributed by atoms with Crippen LogP contribution in [0.2, 0.25) is 0 Å². The van der Waals surface area contributed by atoms with E-state index >= 15 is 0 Å². The summed E-state index contributed by atoms with van der Waals surface area (Å²) >= 11 is 6.16. The Hall–Kier alpha value is 0.210. The Morgan fingerprint density at radius 1 is 1.54 bits per heavy atom. The Morgan fingerprint density at radius 2 is 2.31 bits per heavy atom. The highest BCUT2D eigenvalue weighted by Gasteiger charge is 2.24. The maximum atomic E-state index is 6.16. The Labute approximate surface area is 86.0 Å². The van der Waals surface area contributed by atoms with Crippen LogP contribution in [0.15, 0.2) is 0 Å². The molecule has 0 aliphatic heterocycles. The third kappa shape index (κ3) is 3.84. The second-order valence-electron chi connectivity index (χ2n) is 3.91. The molecule has 0 aromatic carbocycles. The molecule has 1 saturated carbocycles. The van der Waals surface area contributed by atoms with Crippen molar-refractivity contribution in [2.75, 3.05) is 20.2 Å². The van der Waals surface area contributed by atoms with E-state index in [1.54, 1.807) is 7.11 Å². The molecule has 0 spiro atoms. The number of halogens is 1. The topological polar surface area (TPSA) is 21.3 Å². The molecule has 0 radical (unpaired) electrons. The number of rotatable bonds is 5. The fraction of sp³-hybridized carbons (Fsp3) is 1.00. The number of hydrogen-bond donors (Lipinski definition) is 1. The minimum Gasteiger partial charge on any atom is -0.380 e. The quantitative estimate of drug-likeness (QED) is 0.694. The van der Waals surface area contributed by atoms with E-state index in [1.807, 2.05) is 0 Å². The Bertz CT molecular complexity index is 143. The zero-order valence-electron chi connectivity index (χ0n) is 8.55. The van der Waals surface area contributed by atoms with Crippen molar-refractivity contribution >= 4 is 11.6 Å². The van der Waals surface area contributed by atoms with Gasteiger partial charge in [0.2, 0.25) is 0 Å². The minimum absolute atomic E-state index is 0.301. The molecule has 1 rings (SSSR count). The molecule has 0 amide bonds. The van der Waals surface area contributed by atoms with Gasteiger partial charge in [-0.05, 0) is 32.2 Å². The first kappa shape index (κ1) is 11.3. The Balaban J connectivity index is 2.05. The van der Waals surface area contributed by atoms with E-state index < -0.39 is 0 Å². The fourth-order valence-electron chi connectivity index (χ4n) is 1.78. The first-order valence-electron chi connectivity index (χ1n) is 5.11. The summed E-state index contributed by atoms with van der Waals surface area (Å²) in [5.74, 6) is 0.672. The molecule has 0 aromatic heterocycles. The van der Waals surface area contributed by atoms with Gasteiger partial charge in [0, 0.05) is 19.0 Å². The van der Waals surface area contributed by atoms with Gasteiger partial charge in [-0.15, -0.1) is 11.6 Å². The number of ether oxygens (including phenoxy) is 1. The van der Waals surface area contributed by atoms with Crippen LogP contribution < -0.4 is 5.32 Å². The monoisotopic (exact) mass is 205 g/mol. The molecule has 3 atom stereocenters. The van der Waals surface area contributed by atoms with Crippen LogP contribution in [0, 0.1) is 5.92 Å². The molecule has 0 saturated heterocycles. The maximum absolute atomic E-state index is 6.16. The van der Waals surface area contributed by atoms with Gasteiger partial charge in [-0.2, -0.15) is 0 Å². The zero-order valence-corrected chi connectivity index (χ0v) is 9.31.